The van der Waals surface area contributed by atoms with Gasteiger partial charge in [-0.05, 0) is 24.3 Å². The van der Waals surface area contributed by atoms with Crippen LogP contribution in [-0.2, 0) is 6.54 Å². The van der Waals surface area contributed by atoms with Crippen LogP contribution in [0.15, 0.2) is 42.5 Å². The van der Waals surface area contributed by atoms with E-state index < -0.39 is 0 Å². The standard InChI is InChI=1S/C17H20Cl3N2.ClH/c1-22(2,9-8-21-14-6-4-3-5-7-14)12-15-16(19)10-13(18)11-17(15)20;/h3-7,10-11,21H,8-9,12H2,1-2H3;1H/q+1;/p-1. The van der Waals surface area contributed by atoms with Crippen molar-refractivity contribution < 1.29 is 16.9 Å². The van der Waals surface area contributed by atoms with Crippen LogP contribution in [0.2, 0.25) is 15.1 Å². The molecule has 0 spiro atoms. The number of nitrogens with one attached hydrogen (secondary N) is 1. The van der Waals surface area contributed by atoms with Crippen LogP contribution in [0.5, 0.6) is 0 Å². The molecule has 0 heterocycles. The molecule has 0 aromatic heterocycles. The fourth-order valence-corrected chi connectivity index (χ4v) is 3.23. The highest BCUT2D eigenvalue weighted by molar-refractivity contribution is 6.39. The van der Waals surface area contributed by atoms with Gasteiger partial charge in [-0.15, -0.1) is 0 Å². The van der Waals surface area contributed by atoms with Crippen LogP contribution in [0.1, 0.15) is 5.56 Å². The number of halogens is 4. The van der Waals surface area contributed by atoms with Gasteiger partial charge in [-0.3, -0.25) is 0 Å². The molecule has 0 aliphatic rings. The highest BCUT2D eigenvalue weighted by Crippen LogP contribution is 2.30. The number of quaternary nitrogens is 1. The van der Waals surface area contributed by atoms with Crippen LogP contribution in [-0.4, -0.2) is 31.7 Å². The second-order valence-corrected chi connectivity index (χ2v) is 7.21. The first-order valence-corrected chi connectivity index (χ1v) is 8.25. The summed E-state index contributed by atoms with van der Waals surface area (Å²) < 4.78 is 0.779. The van der Waals surface area contributed by atoms with E-state index in [-0.39, 0.29) is 12.4 Å². The van der Waals surface area contributed by atoms with E-state index >= 15 is 0 Å². The lowest BCUT2D eigenvalue weighted by Gasteiger charge is -2.31. The molecule has 0 saturated carbocycles. The molecule has 0 aliphatic carbocycles. The number of hydrogen-bond donors (Lipinski definition) is 1. The highest BCUT2D eigenvalue weighted by atomic mass is 35.5. The number of para-hydroxylation sites is 1. The van der Waals surface area contributed by atoms with Crippen molar-refractivity contribution in [3.8, 4) is 0 Å². The molecule has 0 fully saturated rings. The van der Waals surface area contributed by atoms with E-state index in [2.05, 4.69) is 31.5 Å². The van der Waals surface area contributed by atoms with Gasteiger partial charge in [0, 0.05) is 16.3 Å². The summed E-state index contributed by atoms with van der Waals surface area (Å²) in [5.41, 5.74) is 2.07. The summed E-state index contributed by atoms with van der Waals surface area (Å²) in [4.78, 5) is 0. The van der Waals surface area contributed by atoms with E-state index in [1.807, 2.05) is 18.2 Å². The lowest BCUT2D eigenvalue weighted by molar-refractivity contribution is -0.901. The Morgan fingerprint density at radius 1 is 0.957 bits per heavy atom. The van der Waals surface area contributed by atoms with E-state index in [4.69, 9.17) is 34.8 Å². The Morgan fingerprint density at radius 3 is 2.09 bits per heavy atom. The molecule has 0 aliphatic heterocycles. The van der Waals surface area contributed by atoms with Crippen LogP contribution in [0, 0.1) is 0 Å². The minimum atomic E-state index is 0. The third kappa shape index (κ3) is 6.40. The Labute approximate surface area is 159 Å². The number of anilines is 1. The number of rotatable bonds is 6. The van der Waals surface area contributed by atoms with Gasteiger partial charge in [0.15, 0.2) is 0 Å². The van der Waals surface area contributed by atoms with Crippen LogP contribution in [0.25, 0.3) is 0 Å². The van der Waals surface area contributed by atoms with Crippen molar-refractivity contribution in [2.24, 2.45) is 0 Å². The van der Waals surface area contributed by atoms with E-state index in [0.29, 0.717) is 15.1 Å². The molecule has 1 N–H and O–H groups in total. The molecule has 0 amide bonds. The van der Waals surface area contributed by atoms with Gasteiger partial charge in [-0.1, -0.05) is 53.0 Å². The summed E-state index contributed by atoms with van der Waals surface area (Å²) in [6.07, 6.45) is 0. The summed E-state index contributed by atoms with van der Waals surface area (Å²) >= 11 is 18.5. The number of nitrogens with zero attached hydrogens (tertiary/aromatic N) is 1. The second kappa shape index (κ2) is 9.00. The zero-order valence-electron chi connectivity index (χ0n) is 13.1. The number of hydrogen-bond acceptors (Lipinski definition) is 1. The quantitative estimate of drug-likeness (QED) is 0.742. The summed E-state index contributed by atoms with van der Waals surface area (Å²) in [5, 5.41) is 5.24. The largest absolute Gasteiger partial charge is 1.00 e. The van der Waals surface area contributed by atoms with Crippen LogP contribution >= 0.6 is 34.8 Å². The van der Waals surface area contributed by atoms with Crippen LogP contribution in [0.3, 0.4) is 0 Å². The van der Waals surface area contributed by atoms with Gasteiger partial charge in [0.05, 0.1) is 37.2 Å². The van der Waals surface area contributed by atoms with Crippen molar-refractivity contribution in [2.75, 3.05) is 32.5 Å². The van der Waals surface area contributed by atoms with Gasteiger partial charge in [-0.2, -0.15) is 0 Å². The van der Waals surface area contributed by atoms with Crippen molar-refractivity contribution in [1.29, 1.82) is 0 Å². The highest BCUT2D eigenvalue weighted by Gasteiger charge is 2.20. The van der Waals surface area contributed by atoms with Crippen molar-refractivity contribution in [1.82, 2.24) is 0 Å². The van der Waals surface area contributed by atoms with Gasteiger partial charge >= 0.3 is 0 Å². The molecule has 2 aromatic rings. The number of likely N-dealkylation sites (N-methyl/N-ethyl adjacent to an activating group) is 1. The Morgan fingerprint density at radius 2 is 1.52 bits per heavy atom. The monoisotopic (exact) mass is 392 g/mol. The van der Waals surface area contributed by atoms with Crippen LogP contribution in [0.4, 0.5) is 5.69 Å². The third-order valence-electron chi connectivity index (χ3n) is 3.51. The first-order valence-electron chi connectivity index (χ1n) is 7.12. The van der Waals surface area contributed by atoms with Gasteiger partial charge < -0.3 is 22.2 Å². The Hall–Kier alpha value is -0.640. The summed E-state index contributed by atoms with van der Waals surface area (Å²) in [6, 6.07) is 13.7. The Bertz CT molecular complexity index is 607. The van der Waals surface area contributed by atoms with E-state index in [9.17, 15) is 0 Å². The lowest BCUT2D eigenvalue weighted by Crippen LogP contribution is -3.00. The predicted octanol–water partition coefficient (Wildman–Crippen LogP) is 2.34. The summed E-state index contributed by atoms with van der Waals surface area (Å²) in [6.45, 7) is 2.58. The van der Waals surface area contributed by atoms with Crippen molar-refractivity contribution >= 4 is 40.5 Å². The SMILES string of the molecule is C[N+](C)(CCNc1ccccc1)Cc1c(Cl)cc(Cl)cc1Cl.[Cl-]. The van der Waals surface area contributed by atoms with Gasteiger partial charge in [0.2, 0.25) is 0 Å². The maximum absolute atomic E-state index is 6.28. The lowest BCUT2D eigenvalue weighted by atomic mass is 10.2. The Kier molecular flexibility index (Phi) is 7.99. The van der Waals surface area contributed by atoms with Crippen molar-refractivity contribution in [2.45, 2.75) is 6.54 Å². The smallest absolute Gasteiger partial charge is 0.107 e. The molecule has 0 saturated heterocycles. The minimum Gasteiger partial charge on any atom is -1.00 e. The molecular formula is C17H20Cl4N2. The summed E-state index contributed by atoms with van der Waals surface area (Å²) in [7, 11) is 4.32. The zero-order chi connectivity index (χ0) is 16.2. The molecule has 0 bridgehead atoms. The fourth-order valence-electron chi connectivity index (χ4n) is 2.29. The number of benzene rings is 2. The molecule has 23 heavy (non-hydrogen) atoms. The molecule has 2 aromatic carbocycles. The predicted molar refractivity (Wildman–Crippen MR) is 97.1 cm³/mol. The van der Waals surface area contributed by atoms with Gasteiger partial charge in [0.1, 0.15) is 6.54 Å². The molecule has 2 nitrogen and oxygen atoms in total. The first-order chi connectivity index (χ1) is 10.4. The minimum absolute atomic E-state index is 0. The average Bonchev–Trinajstić information content (AvgIpc) is 2.44. The van der Waals surface area contributed by atoms with E-state index in [1.165, 1.54) is 0 Å². The zero-order valence-corrected chi connectivity index (χ0v) is 16.1. The van der Waals surface area contributed by atoms with Gasteiger partial charge in [-0.25, -0.2) is 0 Å². The fraction of sp³-hybridized carbons (Fsp3) is 0.294. The maximum Gasteiger partial charge on any atom is 0.107 e. The van der Waals surface area contributed by atoms with E-state index in [0.717, 1.165) is 35.4 Å². The molecule has 0 radical (unpaired) electrons. The summed E-state index contributed by atoms with van der Waals surface area (Å²) in [5.74, 6) is 0. The first kappa shape index (κ1) is 20.4. The Balaban J connectivity index is 0.00000264. The second-order valence-electron chi connectivity index (χ2n) is 5.96. The molecular weight excluding hydrogens is 374 g/mol. The van der Waals surface area contributed by atoms with Crippen molar-refractivity contribution in [3.05, 3.63) is 63.1 Å². The molecule has 126 valence electrons. The molecule has 0 atom stereocenters. The average molecular weight is 394 g/mol. The van der Waals surface area contributed by atoms with Crippen molar-refractivity contribution in [3.63, 3.8) is 0 Å². The normalized spacial score (nSPS) is 11.0. The van der Waals surface area contributed by atoms with Crippen LogP contribution < -0.4 is 17.7 Å². The molecule has 2 rings (SSSR count). The van der Waals surface area contributed by atoms with Gasteiger partial charge in [0.25, 0.3) is 0 Å². The molecule has 0 unspecified atom stereocenters. The third-order valence-corrected chi connectivity index (χ3v) is 4.40. The van der Waals surface area contributed by atoms with E-state index in [1.54, 1.807) is 12.1 Å². The maximum atomic E-state index is 6.28. The molecule has 6 heteroatoms. The topological polar surface area (TPSA) is 12.0 Å².